The van der Waals surface area contributed by atoms with Crippen molar-refractivity contribution in [3.63, 3.8) is 0 Å². The molecule has 8 heteroatoms. The van der Waals surface area contributed by atoms with Gasteiger partial charge >= 0.3 is 0 Å². The number of nitrogens with two attached hydrogens (primary N) is 1. The molecule has 1 aliphatic rings. The highest BCUT2D eigenvalue weighted by molar-refractivity contribution is 5.88. The molecule has 1 aliphatic heterocycles. The van der Waals surface area contributed by atoms with Crippen molar-refractivity contribution in [2.75, 3.05) is 36.9 Å². The first-order valence-electron chi connectivity index (χ1n) is 9.33. The van der Waals surface area contributed by atoms with Crippen LogP contribution < -0.4 is 10.6 Å². The van der Waals surface area contributed by atoms with Gasteiger partial charge in [0.15, 0.2) is 5.65 Å². The summed E-state index contributed by atoms with van der Waals surface area (Å²) in [6.45, 7) is 9.50. The summed E-state index contributed by atoms with van der Waals surface area (Å²) in [5.74, 6) is 1.65. The van der Waals surface area contributed by atoms with Crippen LogP contribution in [0.2, 0.25) is 0 Å². The number of rotatable bonds is 4. The number of hydrogen-bond donors (Lipinski definition) is 1. The quantitative estimate of drug-likeness (QED) is 0.757. The topological polar surface area (TPSA) is 95.0 Å². The minimum atomic E-state index is 0.278. The lowest BCUT2D eigenvalue weighted by molar-refractivity contribution is 0.122. The lowest BCUT2D eigenvalue weighted by Gasteiger charge is -2.27. The Bertz CT molecular complexity index is 929. The van der Waals surface area contributed by atoms with Gasteiger partial charge in [0, 0.05) is 30.9 Å². The van der Waals surface area contributed by atoms with Crippen LogP contribution in [-0.4, -0.2) is 50.8 Å². The van der Waals surface area contributed by atoms with Gasteiger partial charge in [0.1, 0.15) is 17.0 Å². The fourth-order valence-corrected chi connectivity index (χ4v) is 3.18. The number of aromatic nitrogens is 5. The van der Waals surface area contributed by atoms with Crippen LogP contribution in [0.3, 0.4) is 0 Å². The van der Waals surface area contributed by atoms with Crippen molar-refractivity contribution in [2.45, 2.75) is 26.8 Å². The van der Waals surface area contributed by atoms with Crippen LogP contribution >= 0.6 is 0 Å². The summed E-state index contributed by atoms with van der Waals surface area (Å²) in [5.41, 5.74) is 9.05. The number of imidazole rings is 1. The molecule has 0 radical (unpaired) electrons. The van der Waals surface area contributed by atoms with E-state index in [2.05, 4.69) is 40.2 Å². The third kappa shape index (κ3) is 3.32. The fraction of sp³-hybridized carbons (Fsp3) is 0.474. The van der Waals surface area contributed by atoms with Crippen LogP contribution in [0.15, 0.2) is 24.7 Å². The van der Waals surface area contributed by atoms with Crippen LogP contribution in [0.5, 0.6) is 0 Å². The number of nitrogens with zero attached hydrogens (tertiary/aromatic N) is 6. The van der Waals surface area contributed by atoms with Crippen molar-refractivity contribution < 1.29 is 4.74 Å². The lowest BCUT2D eigenvalue weighted by atomic mass is 10.1. The van der Waals surface area contributed by atoms with Gasteiger partial charge in [0.2, 0.25) is 5.95 Å². The number of morpholine rings is 1. The van der Waals surface area contributed by atoms with Crippen LogP contribution in [-0.2, 0) is 4.74 Å². The van der Waals surface area contributed by atoms with Crippen molar-refractivity contribution in [1.29, 1.82) is 0 Å². The number of fused-ring (bicyclic) bond motifs is 1. The predicted molar refractivity (Wildman–Crippen MR) is 106 cm³/mol. The van der Waals surface area contributed by atoms with Crippen molar-refractivity contribution in [3.05, 3.63) is 24.7 Å². The average Bonchev–Trinajstić information content (AvgIpc) is 3.12. The van der Waals surface area contributed by atoms with E-state index >= 15 is 0 Å². The van der Waals surface area contributed by atoms with Crippen LogP contribution in [0.25, 0.3) is 22.4 Å². The first-order valence-corrected chi connectivity index (χ1v) is 9.33. The maximum Gasteiger partial charge on any atom is 0.228 e. The third-order valence-electron chi connectivity index (χ3n) is 5.17. The summed E-state index contributed by atoms with van der Waals surface area (Å²) in [5, 5.41) is 0. The molecule has 0 spiro atoms. The van der Waals surface area contributed by atoms with Gasteiger partial charge < -0.3 is 19.9 Å². The molecule has 142 valence electrons. The molecule has 8 nitrogen and oxygen atoms in total. The second kappa shape index (κ2) is 7.11. The van der Waals surface area contributed by atoms with Crippen LogP contribution in [0, 0.1) is 5.92 Å². The summed E-state index contributed by atoms with van der Waals surface area (Å²) in [7, 11) is 0. The number of nitrogen functional groups attached to an aromatic ring is 1. The Morgan fingerprint density at radius 1 is 1.07 bits per heavy atom. The second-order valence-electron chi connectivity index (χ2n) is 7.25. The van der Waals surface area contributed by atoms with Gasteiger partial charge in [-0.25, -0.2) is 15.0 Å². The van der Waals surface area contributed by atoms with Gasteiger partial charge in [-0.15, -0.1) is 0 Å². The van der Waals surface area contributed by atoms with E-state index in [1.165, 1.54) is 0 Å². The Morgan fingerprint density at radius 2 is 1.85 bits per heavy atom. The molecule has 3 aromatic rings. The monoisotopic (exact) mass is 367 g/mol. The molecule has 0 aromatic carbocycles. The van der Waals surface area contributed by atoms with Gasteiger partial charge in [-0.2, -0.15) is 4.98 Å². The number of pyridine rings is 1. The average molecular weight is 367 g/mol. The maximum atomic E-state index is 5.76. The van der Waals surface area contributed by atoms with Crippen LogP contribution in [0.4, 0.5) is 11.8 Å². The second-order valence-corrected chi connectivity index (χ2v) is 7.25. The van der Waals surface area contributed by atoms with Gasteiger partial charge in [0.25, 0.3) is 0 Å². The molecule has 2 N–H and O–H groups in total. The van der Waals surface area contributed by atoms with E-state index in [1.807, 2.05) is 12.4 Å². The van der Waals surface area contributed by atoms with Crippen molar-refractivity contribution in [3.8, 4) is 11.3 Å². The van der Waals surface area contributed by atoms with Crippen LogP contribution in [0.1, 0.15) is 26.8 Å². The molecule has 1 atom stereocenters. The molecule has 3 aromatic heterocycles. The zero-order valence-corrected chi connectivity index (χ0v) is 16.0. The summed E-state index contributed by atoms with van der Waals surface area (Å²) < 4.78 is 7.62. The van der Waals surface area contributed by atoms with Gasteiger partial charge in [-0.3, -0.25) is 0 Å². The summed E-state index contributed by atoms with van der Waals surface area (Å²) in [6, 6.07) is 3.99. The highest BCUT2D eigenvalue weighted by atomic mass is 16.5. The largest absolute Gasteiger partial charge is 0.384 e. The Kier molecular flexibility index (Phi) is 4.65. The zero-order valence-electron chi connectivity index (χ0n) is 16.0. The number of ether oxygens (including phenoxy) is 1. The first-order chi connectivity index (χ1) is 13.0. The SMILES string of the molecule is CC(C)C(C)n1cnc2c(-c3ccc(N)nc3)nc(N3CCOCC3)nc21. The van der Waals surface area contributed by atoms with E-state index in [4.69, 9.17) is 20.4 Å². The predicted octanol–water partition coefficient (Wildman–Crippen LogP) is 2.52. The molecule has 1 saturated heterocycles. The van der Waals surface area contributed by atoms with Crippen molar-refractivity contribution >= 4 is 22.9 Å². The van der Waals surface area contributed by atoms with E-state index in [0.29, 0.717) is 30.9 Å². The molecule has 4 heterocycles. The first kappa shape index (κ1) is 17.7. The Hall–Kier alpha value is -2.74. The minimum absolute atomic E-state index is 0.278. The number of hydrogen-bond acceptors (Lipinski definition) is 7. The van der Waals surface area contributed by atoms with Gasteiger partial charge in [-0.05, 0) is 25.0 Å². The molecule has 1 unspecified atom stereocenters. The Labute approximate surface area is 158 Å². The molecular weight excluding hydrogens is 342 g/mol. The molecule has 4 rings (SSSR count). The lowest BCUT2D eigenvalue weighted by Crippen LogP contribution is -2.37. The molecular formula is C19H25N7O. The number of anilines is 2. The molecule has 0 aliphatic carbocycles. The zero-order chi connectivity index (χ0) is 19.0. The van der Waals surface area contributed by atoms with E-state index in [1.54, 1.807) is 12.3 Å². The Morgan fingerprint density at radius 3 is 2.52 bits per heavy atom. The van der Waals surface area contributed by atoms with Crippen molar-refractivity contribution in [2.24, 2.45) is 5.92 Å². The van der Waals surface area contributed by atoms with Gasteiger partial charge in [-0.1, -0.05) is 13.8 Å². The van der Waals surface area contributed by atoms with Gasteiger partial charge in [0.05, 0.1) is 19.5 Å². The summed E-state index contributed by atoms with van der Waals surface area (Å²) >= 11 is 0. The van der Waals surface area contributed by atoms with E-state index < -0.39 is 0 Å². The summed E-state index contributed by atoms with van der Waals surface area (Å²) in [6.07, 6.45) is 3.60. The van der Waals surface area contributed by atoms with Crippen molar-refractivity contribution in [1.82, 2.24) is 24.5 Å². The molecule has 0 amide bonds. The molecule has 27 heavy (non-hydrogen) atoms. The molecule has 0 saturated carbocycles. The Balaban J connectivity index is 1.90. The van der Waals surface area contributed by atoms with E-state index in [9.17, 15) is 0 Å². The minimum Gasteiger partial charge on any atom is -0.384 e. The highest BCUT2D eigenvalue weighted by Crippen LogP contribution is 2.30. The molecule has 0 bridgehead atoms. The normalized spacial score (nSPS) is 16.2. The fourth-order valence-electron chi connectivity index (χ4n) is 3.18. The summed E-state index contributed by atoms with van der Waals surface area (Å²) in [4.78, 5) is 20.8. The van der Waals surface area contributed by atoms with E-state index in [0.717, 1.165) is 35.5 Å². The smallest absolute Gasteiger partial charge is 0.228 e. The molecule has 1 fully saturated rings. The standard InChI is InChI=1S/C19H25N7O/c1-12(2)13(3)26-11-22-17-16(14-4-5-15(20)21-10-14)23-19(24-18(17)26)25-6-8-27-9-7-25/h4-5,10-13H,6-9H2,1-3H3,(H2,20,21). The third-order valence-corrected chi connectivity index (χ3v) is 5.17. The highest BCUT2D eigenvalue weighted by Gasteiger charge is 2.22. The van der Waals surface area contributed by atoms with E-state index in [-0.39, 0.29) is 6.04 Å². The maximum absolute atomic E-state index is 5.76.